The zero-order valence-electron chi connectivity index (χ0n) is 23.5. The maximum absolute atomic E-state index is 14.3. The Morgan fingerprint density at radius 2 is 1.78 bits per heavy atom. The summed E-state index contributed by atoms with van der Waals surface area (Å²) in [6.07, 6.45) is -4.55. The van der Waals surface area contributed by atoms with Crippen molar-refractivity contribution < 1.29 is 54.3 Å². The molecule has 3 heterocycles. The summed E-state index contributed by atoms with van der Waals surface area (Å²) < 4.78 is 109. The molecule has 4 N–H and O–H groups in total. The van der Waals surface area contributed by atoms with Crippen LogP contribution in [0.3, 0.4) is 0 Å². The van der Waals surface area contributed by atoms with E-state index in [0.29, 0.717) is 10.8 Å². The van der Waals surface area contributed by atoms with Crippen LogP contribution in [0, 0.1) is 17.5 Å². The highest BCUT2D eigenvalue weighted by molar-refractivity contribution is 7.90. The van der Waals surface area contributed by atoms with Gasteiger partial charge in [0.25, 0.3) is 11.6 Å². The summed E-state index contributed by atoms with van der Waals surface area (Å²) in [5.41, 5.74) is 2.86. The van der Waals surface area contributed by atoms with Gasteiger partial charge < -0.3 is 11.1 Å². The van der Waals surface area contributed by atoms with Crippen molar-refractivity contribution in [1.82, 2.24) is 15.1 Å². The lowest BCUT2D eigenvalue weighted by Gasteiger charge is -2.20. The van der Waals surface area contributed by atoms with Gasteiger partial charge in [-0.05, 0) is 41.5 Å². The minimum atomic E-state index is -5.01. The van der Waals surface area contributed by atoms with Crippen LogP contribution in [0.5, 0.6) is 0 Å². The van der Waals surface area contributed by atoms with Crippen LogP contribution in [0.15, 0.2) is 54.7 Å². The molecule has 0 radical (unpaired) electrons. The van der Waals surface area contributed by atoms with Crippen LogP contribution in [0.2, 0.25) is 0 Å². The van der Waals surface area contributed by atoms with Crippen molar-refractivity contribution in [3.63, 3.8) is 0 Å². The summed E-state index contributed by atoms with van der Waals surface area (Å²) in [5, 5.41) is 17.0. The van der Waals surface area contributed by atoms with Crippen LogP contribution in [-0.2, 0) is 45.9 Å². The quantitative estimate of drug-likeness (QED) is 0.149. The summed E-state index contributed by atoms with van der Waals surface area (Å²) in [6.45, 7) is -0.817. The number of amides is 2. The van der Waals surface area contributed by atoms with Crippen LogP contribution in [0.4, 0.5) is 26.3 Å². The van der Waals surface area contributed by atoms with E-state index in [1.807, 2.05) is 0 Å². The van der Waals surface area contributed by atoms with E-state index in [-0.39, 0.29) is 40.9 Å². The molecule has 1 aliphatic heterocycles. The minimum absolute atomic E-state index is 0.00978. The van der Waals surface area contributed by atoms with E-state index in [1.54, 1.807) is 0 Å². The first-order chi connectivity index (χ1) is 21.5. The van der Waals surface area contributed by atoms with Crippen molar-refractivity contribution in [3.8, 4) is 11.1 Å². The van der Waals surface area contributed by atoms with Crippen LogP contribution in [0.1, 0.15) is 44.6 Å². The molecule has 5 rings (SSSR count). The molecule has 10 nitrogen and oxygen atoms in total. The Balaban J connectivity index is 1.57. The van der Waals surface area contributed by atoms with E-state index < -0.39 is 86.2 Å². The predicted molar refractivity (Wildman–Crippen MR) is 147 cm³/mol. The van der Waals surface area contributed by atoms with Crippen LogP contribution in [-0.4, -0.2) is 41.0 Å². The monoisotopic (exact) mass is 668 g/mol. The van der Waals surface area contributed by atoms with Gasteiger partial charge in [0.2, 0.25) is 12.1 Å². The summed E-state index contributed by atoms with van der Waals surface area (Å²) in [7, 11) is -3.84. The maximum Gasteiger partial charge on any atom is 0.435 e. The number of pyridine rings is 1. The molecule has 0 aliphatic carbocycles. The molecule has 1 atom stereocenters. The lowest BCUT2D eigenvalue weighted by atomic mass is 9.94. The number of primary amides is 1. The molecule has 46 heavy (non-hydrogen) atoms. The third-order valence-corrected chi connectivity index (χ3v) is 8.88. The molecule has 0 spiro atoms. The van der Waals surface area contributed by atoms with Gasteiger partial charge in [-0.1, -0.05) is 6.07 Å². The molecule has 0 unspecified atom stereocenters. The van der Waals surface area contributed by atoms with Gasteiger partial charge in [0.05, 0.1) is 22.6 Å². The molecule has 0 saturated carbocycles. The number of aromatic nitrogens is 3. The number of nitrogens with one attached hydrogen (secondary N) is 1. The molecule has 242 valence electrons. The Hall–Kier alpha value is -4.93. The van der Waals surface area contributed by atoms with E-state index in [4.69, 9.17) is 5.73 Å². The van der Waals surface area contributed by atoms with E-state index in [0.717, 1.165) is 35.1 Å². The molecule has 4 aromatic rings. The Morgan fingerprint density at radius 1 is 1.09 bits per heavy atom. The number of benzene rings is 2. The average molecular weight is 669 g/mol. The van der Waals surface area contributed by atoms with Gasteiger partial charge in [-0.25, -0.2) is 21.6 Å². The van der Waals surface area contributed by atoms with E-state index in [1.165, 1.54) is 18.2 Å². The van der Waals surface area contributed by atoms with Gasteiger partial charge in [0.1, 0.15) is 30.0 Å². The number of hydrogen-bond donors (Lipinski definition) is 3. The van der Waals surface area contributed by atoms with E-state index in [2.05, 4.69) is 10.4 Å². The highest BCUT2D eigenvalue weighted by atomic mass is 32.2. The first kappa shape index (κ1) is 32.5. The van der Waals surface area contributed by atoms with Crippen LogP contribution < -0.4 is 15.8 Å². The van der Waals surface area contributed by atoms with Crippen LogP contribution in [0.25, 0.3) is 11.1 Å². The number of carbonyl (C=O) groups is 2. The number of fused-ring (bicyclic) bond motifs is 1. The van der Waals surface area contributed by atoms with Gasteiger partial charge >= 0.3 is 6.18 Å². The summed E-state index contributed by atoms with van der Waals surface area (Å²) in [4.78, 5) is 25.2. The zero-order chi connectivity index (χ0) is 33.6. The topological polar surface area (TPSA) is 148 Å². The molecule has 0 fully saturated rings. The molecule has 0 saturated heterocycles. The maximum atomic E-state index is 14.3. The molecule has 2 aromatic heterocycles. The predicted octanol–water partition coefficient (Wildman–Crippen LogP) is 3.18. The highest BCUT2D eigenvalue weighted by Gasteiger charge is 2.42. The third kappa shape index (κ3) is 6.83. The molecular weight excluding hydrogens is 644 g/mol. The van der Waals surface area contributed by atoms with Crippen molar-refractivity contribution >= 4 is 21.7 Å². The minimum Gasteiger partial charge on any atom is -0.366 e. The molecular formula is C29H24F6N5O5S+. The average Bonchev–Trinajstić information content (AvgIpc) is 3.28. The lowest BCUT2D eigenvalue weighted by molar-refractivity contribution is -0.910. The molecule has 0 bridgehead atoms. The number of hydrogen-bond acceptors (Lipinski definition) is 6. The van der Waals surface area contributed by atoms with Gasteiger partial charge in [-0.2, -0.15) is 18.3 Å². The summed E-state index contributed by atoms with van der Waals surface area (Å²) in [6, 6.07) is 7.31. The number of rotatable bonds is 8. The fourth-order valence-corrected chi connectivity index (χ4v) is 6.80. The van der Waals surface area contributed by atoms with Crippen molar-refractivity contribution in [2.75, 3.05) is 5.75 Å². The number of nitrogens with two attached hydrogens (primary N) is 1. The number of sulfone groups is 1. The van der Waals surface area contributed by atoms with Gasteiger partial charge in [0.15, 0.2) is 15.5 Å². The second kappa shape index (κ2) is 12.1. The fourth-order valence-electron chi connectivity index (χ4n) is 5.41. The molecule has 1 aliphatic rings. The zero-order valence-corrected chi connectivity index (χ0v) is 24.3. The smallest absolute Gasteiger partial charge is 0.366 e. The Bertz CT molecular complexity index is 1960. The molecule has 17 heteroatoms. The van der Waals surface area contributed by atoms with Crippen molar-refractivity contribution in [3.05, 3.63) is 106 Å². The third-order valence-electron chi connectivity index (χ3n) is 7.33. The Kier molecular flexibility index (Phi) is 8.55. The molecule has 2 amide bonds. The van der Waals surface area contributed by atoms with E-state index >= 15 is 0 Å². The SMILES string of the molecule is NC(=O)c1cc(-c2ccc[n+](O)c2[C@H](Cc2cc(F)cc(F)c2)NC(=O)Cn2nc(C(F)(F)F)c3c2CCS(=O)(=O)C3)ccc1F. The largest absolute Gasteiger partial charge is 0.435 e. The van der Waals surface area contributed by atoms with Crippen molar-refractivity contribution in [2.24, 2.45) is 5.73 Å². The lowest BCUT2D eigenvalue weighted by Crippen LogP contribution is -2.43. The number of nitrogens with zero attached hydrogens (tertiary/aromatic N) is 3. The number of halogens is 6. The van der Waals surface area contributed by atoms with Crippen molar-refractivity contribution in [1.29, 1.82) is 0 Å². The Morgan fingerprint density at radius 3 is 2.43 bits per heavy atom. The highest BCUT2D eigenvalue weighted by Crippen LogP contribution is 2.36. The number of alkyl halides is 3. The normalized spacial score (nSPS) is 14.8. The van der Waals surface area contributed by atoms with Gasteiger partial charge in [-0.15, -0.1) is 0 Å². The van der Waals surface area contributed by atoms with Crippen molar-refractivity contribution in [2.45, 2.75) is 37.4 Å². The number of carbonyl (C=O) groups excluding carboxylic acids is 2. The van der Waals surface area contributed by atoms with Gasteiger partial charge in [-0.3, -0.25) is 19.5 Å². The summed E-state index contributed by atoms with van der Waals surface area (Å²) in [5.74, 6) is -6.25. The fraction of sp³-hybridized carbons (Fsp3) is 0.241. The second-order valence-electron chi connectivity index (χ2n) is 10.6. The Labute approximate surface area is 256 Å². The van der Waals surface area contributed by atoms with Crippen LogP contribution >= 0.6 is 0 Å². The summed E-state index contributed by atoms with van der Waals surface area (Å²) >= 11 is 0. The first-order valence-corrected chi connectivity index (χ1v) is 15.3. The van der Waals surface area contributed by atoms with Gasteiger partial charge in [0, 0.05) is 41.0 Å². The second-order valence-corrected chi connectivity index (χ2v) is 12.8. The standard InChI is InChI=1S/C29H23F6N5O5S/c30-17-8-15(9-18(31)12-17)10-23(26-19(2-1-6-40(26)43)16-3-4-22(32)20(11-16)28(36)42)37-25(41)13-39-24-5-7-46(44,45)14-21(24)27(38-39)29(33,34)35/h1-4,6,8-9,11-12,23H,5,7,10,13-14H2,(H3-,36,37,41,42,43)/p+1/t23-/m0/s1. The first-order valence-electron chi connectivity index (χ1n) is 13.5. The van der Waals surface area contributed by atoms with E-state index in [9.17, 15) is 49.6 Å². The molecule has 2 aromatic carbocycles.